The molecule has 0 atom stereocenters. The first-order valence-corrected chi connectivity index (χ1v) is 13.1. The Morgan fingerprint density at radius 3 is 2.33 bits per heavy atom. The fourth-order valence-electron chi connectivity index (χ4n) is 5.14. The van der Waals surface area contributed by atoms with E-state index in [2.05, 4.69) is 45.7 Å². The molecule has 3 aromatic rings. The highest BCUT2D eigenvalue weighted by Crippen LogP contribution is 2.33. The van der Waals surface area contributed by atoms with E-state index in [1.54, 1.807) is 0 Å². The van der Waals surface area contributed by atoms with E-state index in [0.29, 0.717) is 16.6 Å². The number of hydrogen-bond donors (Lipinski definition) is 1. The van der Waals surface area contributed by atoms with Crippen LogP contribution in [-0.4, -0.2) is 54.6 Å². The SMILES string of the molecule is CCn1c(C)c(C(=O)NCCCN2CCN(c3cccc(Cl)c3Cl)CC2)c(C)c1-c1ccccc1.Cl. The van der Waals surface area contributed by atoms with E-state index < -0.39 is 0 Å². The van der Waals surface area contributed by atoms with Crippen molar-refractivity contribution >= 4 is 47.2 Å². The van der Waals surface area contributed by atoms with Gasteiger partial charge in [-0.25, -0.2) is 0 Å². The molecule has 1 fully saturated rings. The van der Waals surface area contributed by atoms with Gasteiger partial charge in [-0.15, -0.1) is 12.4 Å². The molecule has 2 aromatic carbocycles. The van der Waals surface area contributed by atoms with Crippen LogP contribution in [0.25, 0.3) is 11.3 Å². The van der Waals surface area contributed by atoms with Crippen molar-refractivity contribution < 1.29 is 4.79 Å². The molecule has 1 N–H and O–H groups in total. The van der Waals surface area contributed by atoms with E-state index in [1.165, 1.54) is 0 Å². The number of amides is 1. The lowest BCUT2D eigenvalue weighted by molar-refractivity contribution is 0.0950. The van der Waals surface area contributed by atoms with Gasteiger partial charge in [0.05, 0.1) is 27.0 Å². The summed E-state index contributed by atoms with van der Waals surface area (Å²) in [4.78, 5) is 17.9. The lowest BCUT2D eigenvalue weighted by atomic mass is 10.0. The van der Waals surface area contributed by atoms with Gasteiger partial charge in [0.25, 0.3) is 5.91 Å². The van der Waals surface area contributed by atoms with Crippen LogP contribution < -0.4 is 10.2 Å². The van der Waals surface area contributed by atoms with Crippen LogP contribution in [0.1, 0.15) is 35.0 Å². The van der Waals surface area contributed by atoms with Crippen LogP contribution in [0.5, 0.6) is 0 Å². The second-order valence-corrected chi connectivity index (χ2v) is 9.84. The van der Waals surface area contributed by atoms with E-state index in [0.717, 1.165) is 79.5 Å². The molecule has 1 aliphatic heterocycles. The summed E-state index contributed by atoms with van der Waals surface area (Å²) in [7, 11) is 0. The molecule has 0 radical (unpaired) electrons. The minimum Gasteiger partial charge on any atom is -0.368 e. The molecule has 36 heavy (non-hydrogen) atoms. The number of carbonyl (C=O) groups excluding carboxylic acids is 1. The average Bonchev–Trinajstić information content (AvgIpc) is 3.13. The van der Waals surface area contributed by atoms with Gasteiger partial charge in [-0.2, -0.15) is 0 Å². The molecule has 5 nitrogen and oxygen atoms in total. The highest BCUT2D eigenvalue weighted by atomic mass is 35.5. The van der Waals surface area contributed by atoms with E-state index in [-0.39, 0.29) is 18.3 Å². The molecule has 0 aliphatic carbocycles. The van der Waals surface area contributed by atoms with Gasteiger partial charge in [-0.1, -0.05) is 59.6 Å². The highest BCUT2D eigenvalue weighted by Gasteiger charge is 2.23. The van der Waals surface area contributed by atoms with Crippen molar-refractivity contribution in [2.75, 3.05) is 44.2 Å². The number of piperazine rings is 1. The molecule has 1 aliphatic rings. The van der Waals surface area contributed by atoms with Crippen LogP contribution in [0.4, 0.5) is 5.69 Å². The number of anilines is 1. The molecule has 1 aromatic heterocycles. The number of carbonyl (C=O) groups is 1. The predicted octanol–water partition coefficient (Wildman–Crippen LogP) is 6.46. The smallest absolute Gasteiger partial charge is 0.253 e. The molecule has 8 heteroatoms. The van der Waals surface area contributed by atoms with Crippen molar-refractivity contribution in [3.8, 4) is 11.3 Å². The molecule has 4 rings (SSSR count). The Morgan fingerprint density at radius 2 is 1.67 bits per heavy atom. The Morgan fingerprint density at radius 1 is 0.972 bits per heavy atom. The van der Waals surface area contributed by atoms with Gasteiger partial charge in [0.2, 0.25) is 0 Å². The third-order valence-corrected chi connectivity index (χ3v) is 7.75. The molecule has 194 valence electrons. The first-order valence-electron chi connectivity index (χ1n) is 12.4. The zero-order valence-corrected chi connectivity index (χ0v) is 23.5. The van der Waals surface area contributed by atoms with E-state index in [9.17, 15) is 4.79 Å². The van der Waals surface area contributed by atoms with Crippen molar-refractivity contribution in [3.63, 3.8) is 0 Å². The molecule has 1 amide bonds. The Balaban J connectivity index is 0.00000361. The number of nitrogens with one attached hydrogen (secondary N) is 1. The molecule has 0 spiro atoms. The van der Waals surface area contributed by atoms with Crippen molar-refractivity contribution in [2.45, 2.75) is 33.7 Å². The third kappa shape index (κ3) is 6.03. The Labute approximate surface area is 230 Å². The summed E-state index contributed by atoms with van der Waals surface area (Å²) >= 11 is 12.6. The van der Waals surface area contributed by atoms with Crippen molar-refractivity contribution in [3.05, 3.63) is 75.4 Å². The lowest BCUT2D eigenvalue weighted by Gasteiger charge is -2.36. The Bertz CT molecular complexity index is 1170. The number of hydrogen-bond acceptors (Lipinski definition) is 3. The predicted molar refractivity (Wildman–Crippen MR) is 154 cm³/mol. The van der Waals surface area contributed by atoms with Gasteiger partial charge >= 0.3 is 0 Å². The fourth-order valence-corrected chi connectivity index (χ4v) is 5.55. The lowest BCUT2D eigenvalue weighted by Crippen LogP contribution is -2.47. The molecule has 2 heterocycles. The number of aromatic nitrogens is 1. The second-order valence-electron chi connectivity index (χ2n) is 9.06. The Kier molecular flexibility index (Phi) is 10.1. The highest BCUT2D eigenvalue weighted by molar-refractivity contribution is 6.43. The maximum absolute atomic E-state index is 13.1. The minimum atomic E-state index is 0. The van der Waals surface area contributed by atoms with Gasteiger partial charge in [0.15, 0.2) is 0 Å². The molecular weight excluding hydrogens is 515 g/mol. The maximum atomic E-state index is 13.1. The number of halogens is 3. The molecule has 0 unspecified atom stereocenters. The number of nitrogens with zero attached hydrogens (tertiary/aromatic N) is 3. The van der Waals surface area contributed by atoms with Crippen molar-refractivity contribution in [1.82, 2.24) is 14.8 Å². The molecular formula is C28H35Cl3N4O. The summed E-state index contributed by atoms with van der Waals surface area (Å²) in [6, 6.07) is 16.1. The summed E-state index contributed by atoms with van der Waals surface area (Å²) in [6.07, 6.45) is 0.918. The van der Waals surface area contributed by atoms with Crippen LogP contribution in [0.2, 0.25) is 10.0 Å². The standard InChI is InChI=1S/C28H34Cl2N4O.ClH/c1-4-34-21(3)25(20(2)27(34)22-10-6-5-7-11-22)28(35)31-14-9-15-32-16-18-33(19-17-32)24-13-8-12-23(29)26(24)30;/h5-8,10-13H,4,9,14-19H2,1-3H3,(H,31,35);1H. The van der Waals surface area contributed by atoms with Gasteiger partial charge in [-0.3, -0.25) is 9.69 Å². The molecule has 1 saturated heterocycles. The van der Waals surface area contributed by atoms with Gasteiger partial charge in [0.1, 0.15) is 0 Å². The summed E-state index contributed by atoms with van der Waals surface area (Å²) in [5, 5.41) is 4.39. The van der Waals surface area contributed by atoms with Crippen molar-refractivity contribution in [1.29, 1.82) is 0 Å². The first kappa shape index (κ1) is 28.4. The van der Waals surface area contributed by atoms with Crippen LogP contribution >= 0.6 is 35.6 Å². The van der Waals surface area contributed by atoms with E-state index in [4.69, 9.17) is 23.2 Å². The second kappa shape index (κ2) is 12.9. The molecule has 0 bridgehead atoms. The largest absolute Gasteiger partial charge is 0.368 e. The third-order valence-electron chi connectivity index (χ3n) is 6.94. The maximum Gasteiger partial charge on any atom is 0.253 e. The average molecular weight is 550 g/mol. The van der Waals surface area contributed by atoms with Gasteiger partial charge in [-0.05, 0) is 57.0 Å². The van der Waals surface area contributed by atoms with Gasteiger partial charge < -0.3 is 14.8 Å². The summed E-state index contributed by atoms with van der Waals surface area (Å²) < 4.78 is 2.24. The van der Waals surface area contributed by atoms with Gasteiger partial charge in [0, 0.05) is 45.0 Å². The van der Waals surface area contributed by atoms with E-state index in [1.807, 2.05) is 43.3 Å². The quantitative estimate of drug-likeness (QED) is 0.328. The van der Waals surface area contributed by atoms with Crippen LogP contribution in [0.3, 0.4) is 0 Å². The summed E-state index contributed by atoms with van der Waals surface area (Å²) in [5.74, 6) is 0.0183. The number of rotatable bonds is 8. The van der Waals surface area contributed by atoms with E-state index >= 15 is 0 Å². The monoisotopic (exact) mass is 548 g/mol. The number of benzene rings is 2. The summed E-state index contributed by atoms with van der Waals surface area (Å²) in [6.45, 7) is 12.4. The summed E-state index contributed by atoms with van der Waals surface area (Å²) in [5.41, 5.74) is 6.16. The topological polar surface area (TPSA) is 40.5 Å². The van der Waals surface area contributed by atoms with Crippen LogP contribution in [0, 0.1) is 13.8 Å². The Hall–Kier alpha value is -2.18. The van der Waals surface area contributed by atoms with Crippen LogP contribution in [-0.2, 0) is 6.54 Å². The minimum absolute atomic E-state index is 0. The molecule has 0 saturated carbocycles. The van der Waals surface area contributed by atoms with Crippen molar-refractivity contribution in [2.24, 2.45) is 0 Å². The zero-order chi connectivity index (χ0) is 24.9. The zero-order valence-electron chi connectivity index (χ0n) is 21.2. The van der Waals surface area contributed by atoms with Crippen LogP contribution in [0.15, 0.2) is 48.5 Å². The fraction of sp³-hybridized carbons (Fsp3) is 0.393. The normalized spacial score (nSPS) is 14.0. The first-order chi connectivity index (χ1) is 16.9.